The minimum absolute atomic E-state index is 0.0787. The predicted molar refractivity (Wildman–Crippen MR) is 78.9 cm³/mol. The third-order valence-electron chi connectivity index (χ3n) is 3.07. The van der Waals surface area contributed by atoms with Crippen molar-refractivity contribution < 1.29 is 8.42 Å². The smallest absolute Gasteiger partial charge is 0.240 e. The van der Waals surface area contributed by atoms with E-state index in [2.05, 4.69) is 25.2 Å². The van der Waals surface area contributed by atoms with Crippen molar-refractivity contribution in [1.29, 1.82) is 0 Å². The van der Waals surface area contributed by atoms with Gasteiger partial charge in [-0.15, -0.1) is 0 Å². The molecule has 0 fully saturated rings. The van der Waals surface area contributed by atoms with Gasteiger partial charge in [-0.2, -0.15) is 5.10 Å². The van der Waals surface area contributed by atoms with Gasteiger partial charge in [0.2, 0.25) is 10.0 Å². The Balaban J connectivity index is 2.14. The Morgan fingerprint density at radius 3 is 2.86 bits per heavy atom. The van der Waals surface area contributed by atoms with Gasteiger partial charge in [0.25, 0.3) is 0 Å². The number of aromatic nitrogens is 3. The molecule has 0 aliphatic rings. The highest BCUT2D eigenvalue weighted by Gasteiger charge is 2.16. The van der Waals surface area contributed by atoms with Gasteiger partial charge in [-0.25, -0.2) is 18.1 Å². The predicted octanol–water partition coefficient (Wildman–Crippen LogP) is 0.954. The lowest BCUT2D eigenvalue weighted by Crippen LogP contribution is -2.24. The lowest BCUT2D eigenvalue weighted by Gasteiger charge is -2.14. The van der Waals surface area contributed by atoms with Crippen molar-refractivity contribution >= 4 is 10.0 Å². The van der Waals surface area contributed by atoms with Crippen LogP contribution in [0.1, 0.15) is 31.3 Å². The van der Waals surface area contributed by atoms with E-state index in [1.54, 1.807) is 18.2 Å². The lowest BCUT2D eigenvalue weighted by atomic mass is 10.1. The van der Waals surface area contributed by atoms with Crippen LogP contribution in [0.5, 0.6) is 0 Å². The molecule has 0 radical (unpaired) electrons. The van der Waals surface area contributed by atoms with E-state index in [1.165, 1.54) is 6.33 Å². The maximum atomic E-state index is 12.3. The molecule has 0 aliphatic carbocycles. The van der Waals surface area contributed by atoms with Gasteiger partial charge >= 0.3 is 0 Å². The number of aromatic amines is 1. The highest BCUT2D eigenvalue weighted by Crippen LogP contribution is 2.17. The Labute approximate surface area is 124 Å². The van der Waals surface area contributed by atoms with Gasteiger partial charge in [0.05, 0.1) is 11.4 Å². The van der Waals surface area contributed by atoms with Crippen LogP contribution in [0.4, 0.5) is 0 Å². The first-order chi connectivity index (χ1) is 10.0. The second-order valence-corrected chi connectivity index (χ2v) is 6.38. The molecule has 21 heavy (non-hydrogen) atoms. The Hall–Kier alpha value is -1.77. The van der Waals surface area contributed by atoms with E-state index < -0.39 is 10.0 Å². The van der Waals surface area contributed by atoms with E-state index in [1.807, 2.05) is 19.9 Å². The van der Waals surface area contributed by atoms with Crippen LogP contribution in [0, 0.1) is 0 Å². The summed E-state index contributed by atoms with van der Waals surface area (Å²) in [5.41, 5.74) is 0.930. The molecule has 2 aromatic rings. The van der Waals surface area contributed by atoms with Crippen molar-refractivity contribution in [2.75, 3.05) is 6.54 Å². The van der Waals surface area contributed by atoms with Crippen LogP contribution in [-0.2, 0) is 16.6 Å². The molecule has 2 rings (SSSR count). The second kappa shape index (κ2) is 6.79. The summed E-state index contributed by atoms with van der Waals surface area (Å²) in [5, 5.41) is 9.54. The molecule has 7 nitrogen and oxygen atoms in total. The van der Waals surface area contributed by atoms with Crippen molar-refractivity contribution in [1.82, 2.24) is 25.2 Å². The number of rotatable bonds is 7. The highest BCUT2D eigenvalue weighted by molar-refractivity contribution is 7.89. The van der Waals surface area contributed by atoms with E-state index in [-0.39, 0.29) is 17.5 Å². The maximum Gasteiger partial charge on any atom is 0.240 e. The summed E-state index contributed by atoms with van der Waals surface area (Å²) >= 11 is 0. The fourth-order valence-electron chi connectivity index (χ4n) is 1.94. The number of nitrogens with zero attached hydrogens (tertiary/aromatic N) is 2. The van der Waals surface area contributed by atoms with Crippen LogP contribution in [0.15, 0.2) is 35.5 Å². The summed E-state index contributed by atoms with van der Waals surface area (Å²) in [5.74, 6) is 0.468. The number of H-pyrrole nitrogens is 1. The Kier molecular flexibility index (Phi) is 5.05. The molecule has 1 aromatic heterocycles. The summed E-state index contributed by atoms with van der Waals surface area (Å²) in [7, 11) is -3.57. The number of hydrogen-bond acceptors (Lipinski definition) is 5. The Morgan fingerprint density at radius 1 is 1.38 bits per heavy atom. The van der Waals surface area contributed by atoms with Gasteiger partial charge in [-0.05, 0) is 31.2 Å². The average Bonchev–Trinajstić information content (AvgIpc) is 2.99. The highest BCUT2D eigenvalue weighted by atomic mass is 32.2. The van der Waals surface area contributed by atoms with Crippen LogP contribution in [0.25, 0.3) is 0 Å². The summed E-state index contributed by atoms with van der Waals surface area (Å²) < 4.78 is 27.0. The van der Waals surface area contributed by atoms with E-state index in [0.717, 1.165) is 12.1 Å². The molecule has 0 saturated heterocycles. The molecule has 0 saturated carbocycles. The van der Waals surface area contributed by atoms with Gasteiger partial charge in [0, 0.05) is 6.04 Å². The van der Waals surface area contributed by atoms with E-state index >= 15 is 0 Å². The van der Waals surface area contributed by atoms with Crippen molar-refractivity contribution in [3.63, 3.8) is 0 Å². The third kappa shape index (κ3) is 4.10. The topological polar surface area (TPSA) is 99.8 Å². The minimum atomic E-state index is -3.57. The molecule has 0 bridgehead atoms. The summed E-state index contributed by atoms with van der Waals surface area (Å²) in [6, 6.07) is 7.00. The largest absolute Gasteiger partial charge is 0.310 e. The summed E-state index contributed by atoms with van der Waals surface area (Å²) in [6.45, 7) is 4.91. The molecule has 3 N–H and O–H groups in total. The van der Waals surface area contributed by atoms with Crippen LogP contribution >= 0.6 is 0 Å². The van der Waals surface area contributed by atoms with Crippen molar-refractivity contribution in [3.8, 4) is 0 Å². The zero-order valence-electron chi connectivity index (χ0n) is 12.0. The summed E-state index contributed by atoms with van der Waals surface area (Å²) in [4.78, 5) is 4.12. The number of hydrogen-bond donors (Lipinski definition) is 3. The Bertz CT molecular complexity index is 670. The summed E-state index contributed by atoms with van der Waals surface area (Å²) in [6.07, 6.45) is 1.34. The molecule has 1 aromatic carbocycles. The van der Waals surface area contributed by atoms with E-state index in [9.17, 15) is 8.42 Å². The molecular formula is C13H19N5O2S. The molecule has 1 unspecified atom stereocenters. The number of benzene rings is 1. The van der Waals surface area contributed by atoms with Crippen LogP contribution < -0.4 is 10.0 Å². The second-order valence-electron chi connectivity index (χ2n) is 4.61. The molecule has 0 amide bonds. The van der Waals surface area contributed by atoms with Gasteiger partial charge < -0.3 is 5.32 Å². The standard InChI is InChI=1S/C13H19N5O2S/c1-3-14-10(2)11-5-4-6-12(7-11)21(19,20)17-8-13-15-9-16-18-13/h4-7,9-10,14,17H,3,8H2,1-2H3,(H,15,16,18). The SMILES string of the molecule is CCNC(C)c1cccc(S(=O)(=O)NCc2ncn[nH]2)c1. The lowest BCUT2D eigenvalue weighted by molar-refractivity contribution is 0.577. The molecule has 0 spiro atoms. The van der Waals surface area contributed by atoms with Crippen molar-refractivity contribution in [2.45, 2.75) is 31.3 Å². The zero-order valence-corrected chi connectivity index (χ0v) is 12.8. The molecule has 114 valence electrons. The first-order valence-corrected chi connectivity index (χ1v) is 8.18. The zero-order chi connectivity index (χ0) is 15.3. The molecule has 1 heterocycles. The fraction of sp³-hybridized carbons (Fsp3) is 0.385. The van der Waals surface area contributed by atoms with E-state index in [0.29, 0.717) is 5.82 Å². The van der Waals surface area contributed by atoms with Crippen LogP contribution in [0.2, 0.25) is 0 Å². The van der Waals surface area contributed by atoms with Crippen LogP contribution in [0.3, 0.4) is 0 Å². The average molecular weight is 309 g/mol. The molecular weight excluding hydrogens is 290 g/mol. The first-order valence-electron chi connectivity index (χ1n) is 6.70. The first kappa shape index (κ1) is 15.6. The van der Waals surface area contributed by atoms with Gasteiger partial charge in [0.15, 0.2) is 0 Å². The molecule has 1 atom stereocenters. The van der Waals surface area contributed by atoms with Crippen LogP contribution in [-0.4, -0.2) is 30.1 Å². The quantitative estimate of drug-likeness (QED) is 0.707. The fourth-order valence-corrected chi connectivity index (χ4v) is 2.98. The molecule has 0 aliphatic heterocycles. The van der Waals surface area contributed by atoms with Gasteiger partial charge in [0.1, 0.15) is 12.2 Å². The Morgan fingerprint density at radius 2 is 2.19 bits per heavy atom. The van der Waals surface area contributed by atoms with Crippen molar-refractivity contribution in [2.24, 2.45) is 0 Å². The van der Waals surface area contributed by atoms with Crippen molar-refractivity contribution in [3.05, 3.63) is 42.0 Å². The number of nitrogens with one attached hydrogen (secondary N) is 3. The monoisotopic (exact) mass is 309 g/mol. The number of sulfonamides is 1. The maximum absolute atomic E-state index is 12.3. The van der Waals surface area contributed by atoms with E-state index in [4.69, 9.17) is 0 Å². The van der Waals surface area contributed by atoms with Gasteiger partial charge in [-0.1, -0.05) is 19.1 Å². The molecule has 8 heteroatoms. The normalized spacial score (nSPS) is 13.2. The van der Waals surface area contributed by atoms with Gasteiger partial charge in [-0.3, -0.25) is 5.10 Å². The minimum Gasteiger partial charge on any atom is -0.310 e. The third-order valence-corrected chi connectivity index (χ3v) is 4.47.